The van der Waals surface area contributed by atoms with Gasteiger partial charge in [-0.1, -0.05) is 17.8 Å². The van der Waals surface area contributed by atoms with Crippen LogP contribution in [0.1, 0.15) is 51.9 Å². The summed E-state index contributed by atoms with van der Waals surface area (Å²) in [5.74, 6) is 4.35. The van der Waals surface area contributed by atoms with Crippen molar-refractivity contribution in [3.63, 3.8) is 0 Å². The minimum atomic E-state index is 0.114. The highest BCUT2D eigenvalue weighted by atomic mass is 32.2. The highest BCUT2D eigenvalue weighted by Gasteiger charge is 2.50. The Morgan fingerprint density at radius 2 is 1.97 bits per heavy atom. The number of thiophene rings is 1. The van der Waals surface area contributed by atoms with Crippen molar-refractivity contribution in [2.24, 2.45) is 23.2 Å². The Labute approximate surface area is 181 Å². The smallest absolute Gasteiger partial charge is 0.230 e. The van der Waals surface area contributed by atoms with Gasteiger partial charge < -0.3 is 9.88 Å². The number of aromatic nitrogens is 3. The van der Waals surface area contributed by atoms with E-state index in [1.807, 2.05) is 11.4 Å². The van der Waals surface area contributed by atoms with E-state index in [1.54, 1.807) is 11.3 Å². The lowest BCUT2D eigenvalue weighted by Crippen LogP contribution is -2.47. The van der Waals surface area contributed by atoms with E-state index < -0.39 is 0 Å². The van der Waals surface area contributed by atoms with Crippen molar-refractivity contribution in [2.75, 3.05) is 12.3 Å². The number of nitrogens with zero attached hydrogens (tertiary/aromatic N) is 3. The fraction of sp³-hybridized carbons (Fsp3) is 0.682. The van der Waals surface area contributed by atoms with Crippen molar-refractivity contribution in [3.05, 3.63) is 17.5 Å². The molecule has 2 heterocycles. The molecule has 4 saturated carbocycles. The number of hydrogen-bond acceptors (Lipinski definition) is 5. The quantitative estimate of drug-likeness (QED) is 0.609. The molecule has 2 aromatic heterocycles. The summed E-state index contributed by atoms with van der Waals surface area (Å²) in [6, 6.07) is 4.09. The Balaban J connectivity index is 1.12. The van der Waals surface area contributed by atoms with Crippen LogP contribution in [-0.2, 0) is 11.3 Å². The predicted octanol–water partition coefficient (Wildman–Crippen LogP) is 4.84. The van der Waals surface area contributed by atoms with E-state index in [2.05, 4.69) is 33.1 Å². The van der Waals surface area contributed by atoms with Crippen LogP contribution in [0.2, 0.25) is 0 Å². The highest BCUT2D eigenvalue weighted by Crippen LogP contribution is 2.61. The van der Waals surface area contributed by atoms with Crippen molar-refractivity contribution in [2.45, 2.75) is 63.6 Å². The molecule has 0 aromatic carbocycles. The van der Waals surface area contributed by atoms with Crippen LogP contribution in [0.3, 0.4) is 0 Å². The predicted molar refractivity (Wildman–Crippen MR) is 118 cm³/mol. The lowest BCUT2D eigenvalue weighted by molar-refractivity contribution is -0.119. The number of nitrogens with one attached hydrogen (secondary N) is 1. The van der Waals surface area contributed by atoms with Gasteiger partial charge in [-0.2, -0.15) is 0 Å². The molecule has 5 nitrogen and oxygen atoms in total. The average Bonchev–Trinajstić information content (AvgIpc) is 3.34. The van der Waals surface area contributed by atoms with Crippen molar-refractivity contribution in [1.82, 2.24) is 20.1 Å². The fourth-order valence-corrected chi connectivity index (χ4v) is 8.06. The normalized spacial score (nSPS) is 30.0. The van der Waals surface area contributed by atoms with Gasteiger partial charge >= 0.3 is 0 Å². The minimum absolute atomic E-state index is 0.114. The molecule has 4 aliphatic carbocycles. The Bertz CT molecular complexity index is 825. The van der Waals surface area contributed by atoms with Crippen LogP contribution in [0, 0.1) is 23.2 Å². The molecule has 4 bridgehead atoms. The Kier molecular flexibility index (Phi) is 5.45. The molecule has 0 aliphatic heterocycles. The molecule has 29 heavy (non-hydrogen) atoms. The summed E-state index contributed by atoms with van der Waals surface area (Å²) in [6.45, 7) is 3.72. The van der Waals surface area contributed by atoms with E-state index in [-0.39, 0.29) is 5.91 Å². The Morgan fingerprint density at radius 3 is 2.59 bits per heavy atom. The van der Waals surface area contributed by atoms with Crippen LogP contribution >= 0.6 is 23.1 Å². The summed E-state index contributed by atoms with van der Waals surface area (Å²) in [4.78, 5) is 13.6. The van der Waals surface area contributed by atoms with Gasteiger partial charge in [-0.25, -0.2) is 0 Å². The molecular formula is C22H30N4OS2. The molecule has 4 aliphatic rings. The van der Waals surface area contributed by atoms with Crippen LogP contribution in [0.5, 0.6) is 0 Å². The zero-order valence-corrected chi connectivity index (χ0v) is 18.7. The third-order valence-corrected chi connectivity index (χ3v) is 9.08. The van der Waals surface area contributed by atoms with Crippen molar-refractivity contribution >= 4 is 29.0 Å². The lowest BCUT2D eigenvalue weighted by atomic mass is 9.49. The number of hydrogen-bond donors (Lipinski definition) is 1. The van der Waals surface area contributed by atoms with Crippen molar-refractivity contribution in [1.29, 1.82) is 0 Å². The SMILES string of the molecule is CCn1c(SCC(=O)NCCC23CC4CC(CC(C4)C2)C3)nnc1-c1cccs1. The van der Waals surface area contributed by atoms with E-state index in [4.69, 9.17) is 0 Å². The third kappa shape index (κ3) is 4.00. The van der Waals surface area contributed by atoms with E-state index in [9.17, 15) is 4.79 Å². The maximum Gasteiger partial charge on any atom is 0.230 e. The number of thioether (sulfide) groups is 1. The number of carbonyl (C=O) groups excluding carboxylic acids is 1. The second-order valence-electron chi connectivity index (χ2n) is 9.33. The van der Waals surface area contributed by atoms with Gasteiger partial charge in [-0.3, -0.25) is 4.79 Å². The van der Waals surface area contributed by atoms with Gasteiger partial charge in [-0.05, 0) is 86.5 Å². The Hall–Kier alpha value is -1.34. The fourth-order valence-electron chi connectivity index (χ4n) is 6.51. The van der Waals surface area contributed by atoms with Crippen LogP contribution in [0.25, 0.3) is 10.7 Å². The van der Waals surface area contributed by atoms with Gasteiger partial charge in [0.1, 0.15) is 0 Å². The van der Waals surface area contributed by atoms with Gasteiger partial charge in [0.2, 0.25) is 5.91 Å². The number of rotatable bonds is 8. The monoisotopic (exact) mass is 430 g/mol. The summed E-state index contributed by atoms with van der Waals surface area (Å²) < 4.78 is 2.10. The minimum Gasteiger partial charge on any atom is -0.355 e. The van der Waals surface area contributed by atoms with E-state index in [0.29, 0.717) is 11.2 Å². The molecule has 156 valence electrons. The van der Waals surface area contributed by atoms with E-state index >= 15 is 0 Å². The maximum atomic E-state index is 12.4. The largest absolute Gasteiger partial charge is 0.355 e. The van der Waals surface area contributed by atoms with Gasteiger partial charge in [-0.15, -0.1) is 21.5 Å². The zero-order valence-electron chi connectivity index (χ0n) is 17.1. The molecule has 0 unspecified atom stereocenters. The molecule has 0 atom stereocenters. The third-order valence-electron chi connectivity index (χ3n) is 7.25. The van der Waals surface area contributed by atoms with Gasteiger partial charge in [0.25, 0.3) is 0 Å². The summed E-state index contributed by atoms with van der Waals surface area (Å²) in [6.07, 6.45) is 9.84. The first kappa shape index (κ1) is 19.6. The molecule has 0 saturated heterocycles. The van der Waals surface area contributed by atoms with Crippen LogP contribution in [0.15, 0.2) is 22.7 Å². The summed E-state index contributed by atoms with van der Waals surface area (Å²) in [7, 11) is 0. The van der Waals surface area contributed by atoms with E-state index in [0.717, 1.165) is 46.7 Å². The standard InChI is InChI=1S/C22H30N4OS2/c1-2-26-20(18-4-3-7-28-18)24-25-21(26)29-14-19(27)23-6-5-22-11-15-8-16(12-22)10-17(9-15)13-22/h3-4,7,15-17H,2,5-6,8-14H2,1H3,(H,23,27). The molecule has 7 heteroatoms. The summed E-state index contributed by atoms with van der Waals surface area (Å²) in [5.41, 5.74) is 0.535. The topological polar surface area (TPSA) is 59.8 Å². The van der Waals surface area contributed by atoms with Crippen LogP contribution < -0.4 is 5.32 Å². The van der Waals surface area contributed by atoms with Crippen LogP contribution in [0.4, 0.5) is 0 Å². The molecular weight excluding hydrogens is 400 g/mol. The molecule has 4 fully saturated rings. The number of amides is 1. The summed E-state index contributed by atoms with van der Waals surface area (Å²) in [5, 5.41) is 14.7. The summed E-state index contributed by atoms with van der Waals surface area (Å²) >= 11 is 3.16. The Morgan fingerprint density at radius 1 is 1.24 bits per heavy atom. The molecule has 1 N–H and O–H groups in total. The van der Waals surface area contributed by atoms with E-state index in [1.165, 1.54) is 56.7 Å². The first-order chi connectivity index (χ1) is 14.1. The van der Waals surface area contributed by atoms with Gasteiger partial charge in [0.05, 0.1) is 10.6 Å². The lowest BCUT2D eigenvalue weighted by Gasteiger charge is -2.57. The zero-order chi connectivity index (χ0) is 19.8. The molecule has 0 radical (unpaired) electrons. The average molecular weight is 431 g/mol. The molecule has 1 amide bonds. The van der Waals surface area contributed by atoms with Crippen LogP contribution in [-0.4, -0.2) is 33.0 Å². The second kappa shape index (κ2) is 8.06. The van der Waals surface area contributed by atoms with Crippen molar-refractivity contribution < 1.29 is 4.79 Å². The molecule has 6 rings (SSSR count). The number of carbonyl (C=O) groups is 1. The second-order valence-corrected chi connectivity index (χ2v) is 11.2. The maximum absolute atomic E-state index is 12.4. The van der Waals surface area contributed by atoms with Gasteiger partial charge in [0.15, 0.2) is 11.0 Å². The first-order valence-electron chi connectivity index (χ1n) is 11.0. The molecule has 0 spiro atoms. The van der Waals surface area contributed by atoms with Crippen molar-refractivity contribution in [3.8, 4) is 10.7 Å². The molecule has 2 aromatic rings. The first-order valence-corrected chi connectivity index (χ1v) is 12.9. The highest BCUT2D eigenvalue weighted by molar-refractivity contribution is 7.99. The van der Waals surface area contributed by atoms with Gasteiger partial charge in [0, 0.05) is 13.1 Å².